The second-order valence-electron chi connectivity index (χ2n) is 7.81. The number of benzene rings is 2. The minimum atomic E-state index is -1.82. The number of morpholine rings is 1. The molecule has 184 valence electrons. The molecule has 1 aliphatic rings. The molecule has 0 bridgehead atoms. The third-order valence-electron chi connectivity index (χ3n) is 5.26. The van der Waals surface area contributed by atoms with Crippen LogP contribution in [0.5, 0.6) is 0 Å². The maximum Gasteiger partial charge on any atom is 0.323 e. The van der Waals surface area contributed by atoms with Gasteiger partial charge in [0.2, 0.25) is 0 Å². The molecule has 1 saturated heterocycles. The zero-order chi connectivity index (χ0) is 25.7. The lowest BCUT2D eigenvalue weighted by Crippen LogP contribution is -2.55. The van der Waals surface area contributed by atoms with Crippen LogP contribution in [0.3, 0.4) is 0 Å². The summed E-state index contributed by atoms with van der Waals surface area (Å²) in [6, 6.07) is 12.1. The Kier molecular flexibility index (Phi) is 7.79. The lowest BCUT2D eigenvalue weighted by Gasteiger charge is -2.34. The van der Waals surface area contributed by atoms with Crippen LogP contribution in [0.25, 0.3) is 0 Å². The number of likely N-dealkylation sites (N-methyl/N-ethyl adjacent to an activating group) is 1. The van der Waals surface area contributed by atoms with E-state index in [9.17, 15) is 24.3 Å². The van der Waals surface area contributed by atoms with Crippen LogP contribution >= 0.6 is 0 Å². The van der Waals surface area contributed by atoms with Crippen molar-refractivity contribution in [1.29, 1.82) is 5.41 Å². The van der Waals surface area contributed by atoms with E-state index < -0.39 is 42.4 Å². The molecule has 35 heavy (non-hydrogen) atoms. The number of nitrogens with zero attached hydrogens (tertiary/aromatic N) is 2. The van der Waals surface area contributed by atoms with Gasteiger partial charge in [-0.05, 0) is 42.5 Å². The molecule has 0 spiro atoms. The molecule has 3 rings (SSSR count). The Hall–Kier alpha value is -4.29. The molecule has 0 aromatic heterocycles. The van der Waals surface area contributed by atoms with Crippen molar-refractivity contribution in [2.45, 2.75) is 12.2 Å². The Balaban J connectivity index is 1.72. The quantitative estimate of drug-likeness (QED) is 0.253. The Morgan fingerprint density at radius 1 is 1.23 bits per heavy atom. The number of amidine groups is 1. The van der Waals surface area contributed by atoms with Gasteiger partial charge in [0.25, 0.3) is 17.7 Å². The highest BCUT2D eigenvalue weighted by molar-refractivity contribution is 6.05. The number of aliphatic hydroxyl groups is 1. The fourth-order valence-electron chi connectivity index (χ4n) is 3.48. The minimum absolute atomic E-state index is 0.0329. The second-order valence-corrected chi connectivity index (χ2v) is 7.81. The van der Waals surface area contributed by atoms with E-state index in [-0.39, 0.29) is 24.6 Å². The molecule has 2 aromatic carbocycles. The zero-order valence-corrected chi connectivity index (χ0v) is 18.8. The topological polar surface area (TPSA) is 186 Å². The van der Waals surface area contributed by atoms with Crippen molar-refractivity contribution in [3.8, 4) is 0 Å². The number of amides is 3. The van der Waals surface area contributed by atoms with Gasteiger partial charge in [0.15, 0.2) is 12.2 Å². The molecule has 0 aliphatic carbocycles. The number of nitrogens with one attached hydrogen (secondary N) is 2. The van der Waals surface area contributed by atoms with Gasteiger partial charge >= 0.3 is 5.97 Å². The van der Waals surface area contributed by atoms with Crippen LogP contribution in [0, 0.1) is 5.41 Å². The maximum absolute atomic E-state index is 13.1. The van der Waals surface area contributed by atoms with Crippen LogP contribution in [0.1, 0.15) is 15.9 Å². The van der Waals surface area contributed by atoms with Gasteiger partial charge in [-0.3, -0.25) is 24.6 Å². The van der Waals surface area contributed by atoms with Gasteiger partial charge in [-0.1, -0.05) is 6.07 Å². The van der Waals surface area contributed by atoms with Gasteiger partial charge in [0, 0.05) is 36.1 Å². The summed E-state index contributed by atoms with van der Waals surface area (Å²) in [5, 5.41) is 29.3. The highest BCUT2D eigenvalue weighted by atomic mass is 16.5. The lowest BCUT2D eigenvalue weighted by molar-refractivity contribution is -0.150. The van der Waals surface area contributed by atoms with Crippen molar-refractivity contribution in [2.75, 3.05) is 37.0 Å². The fraction of sp³-hybridized carbons (Fsp3) is 0.261. The van der Waals surface area contributed by atoms with Crippen molar-refractivity contribution in [3.63, 3.8) is 0 Å². The van der Waals surface area contributed by atoms with Crippen molar-refractivity contribution < 1.29 is 34.1 Å². The van der Waals surface area contributed by atoms with Gasteiger partial charge < -0.3 is 35.8 Å². The average molecular weight is 483 g/mol. The predicted molar refractivity (Wildman–Crippen MR) is 125 cm³/mol. The van der Waals surface area contributed by atoms with Crippen molar-refractivity contribution in [2.24, 2.45) is 5.73 Å². The number of rotatable bonds is 8. The summed E-state index contributed by atoms with van der Waals surface area (Å²) in [6.45, 7) is -0.329. The Morgan fingerprint density at radius 2 is 1.91 bits per heavy atom. The fourth-order valence-corrected chi connectivity index (χ4v) is 3.48. The number of carboxylic acid groups (broad SMARTS) is 1. The number of carboxylic acids is 1. The number of nitrogens with two attached hydrogens (primary N) is 1. The second kappa shape index (κ2) is 10.8. The molecule has 1 unspecified atom stereocenters. The lowest BCUT2D eigenvalue weighted by atomic mass is 10.1. The van der Waals surface area contributed by atoms with Gasteiger partial charge in [-0.2, -0.15) is 0 Å². The molecular formula is C23H25N5O7. The third kappa shape index (κ3) is 5.99. The first kappa shape index (κ1) is 25.3. The molecular weight excluding hydrogens is 458 g/mol. The van der Waals surface area contributed by atoms with Crippen LogP contribution in [-0.2, 0) is 19.1 Å². The van der Waals surface area contributed by atoms with E-state index in [1.807, 2.05) is 0 Å². The number of hydrogen-bond donors (Lipinski definition) is 5. The van der Waals surface area contributed by atoms with Gasteiger partial charge in [-0.15, -0.1) is 0 Å². The molecule has 1 fully saturated rings. The predicted octanol–water partition coefficient (Wildman–Crippen LogP) is -0.141. The third-order valence-corrected chi connectivity index (χ3v) is 5.26. The molecule has 6 N–H and O–H groups in total. The molecule has 1 heterocycles. The van der Waals surface area contributed by atoms with Gasteiger partial charge in [0.05, 0.1) is 6.61 Å². The first-order chi connectivity index (χ1) is 16.6. The van der Waals surface area contributed by atoms with E-state index in [0.29, 0.717) is 16.9 Å². The number of nitrogen functional groups attached to an aromatic ring is 1. The Labute approximate surface area is 200 Å². The summed E-state index contributed by atoms with van der Waals surface area (Å²) in [4.78, 5) is 51.3. The number of carbonyl (C=O) groups is 4. The molecule has 1 aliphatic heterocycles. The molecule has 12 nitrogen and oxygen atoms in total. The smallest absolute Gasteiger partial charge is 0.323 e. The highest BCUT2D eigenvalue weighted by Crippen LogP contribution is 2.23. The summed E-state index contributed by atoms with van der Waals surface area (Å²) < 4.78 is 5.39. The molecule has 0 radical (unpaired) electrons. The van der Waals surface area contributed by atoms with E-state index >= 15 is 0 Å². The van der Waals surface area contributed by atoms with E-state index in [0.717, 1.165) is 4.90 Å². The number of anilines is 2. The Morgan fingerprint density at radius 3 is 2.54 bits per heavy atom. The van der Waals surface area contributed by atoms with Crippen LogP contribution in [0.2, 0.25) is 0 Å². The SMILES string of the molecule is CN(CC(=O)O)C(=O)c1cccc(N2CCO[C@H](C(O)C(=O)Nc3ccc(C(=N)N)cc3)C2=O)c1. The number of hydrogen-bond acceptors (Lipinski definition) is 7. The Bertz CT molecular complexity index is 1150. The number of ether oxygens (including phenoxy) is 1. The molecule has 0 saturated carbocycles. The number of carbonyl (C=O) groups excluding carboxylic acids is 3. The van der Waals surface area contributed by atoms with Crippen molar-refractivity contribution in [3.05, 3.63) is 59.7 Å². The first-order valence-corrected chi connectivity index (χ1v) is 10.5. The monoisotopic (exact) mass is 483 g/mol. The van der Waals surface area contributed by atoms with Gasteiger partial charge in [0.1, 0.15) is 12.4 Å². The van der Waals surface area contributed by atoms with Crippen molar-refractivity contribution >= 4 is 40.9 Å². The first-order valence-electron chi connectivity index (χ1n) is 10.5. The van der Waals surface area contributed by atoms with Crippen LogP contribution in [-0.4, -0.2) is 83.6 Å². The van der Waals surface area contributed by atoms with E-state index in [2.05, 4.69) is 5.32 Å². The van der Waals surface area contributed by atoms with E-state index in [1.165, 1.54) is 48.3 Å². The van der Waals surface area contributed by atoms with Crippen molar-refractivity contribution in [1.82, 2.24) is 4.90 Å². The van der Waals surface area contributed by atoms with E-state index in [4.69, 9.17) is 21.0 Å². The average Bonchev–Trinajstić information content (AvgIpc) is 2.83. The summed E-state index contributed by atoms with van der Waals surface area (Å²) in [5.74, 6) is -3.37. The number of aliphatic carboxylic acids is 1. The summed E-state index contributed by atoms with van der Waals surface area (Å²) in [6.07, 6.45) is -3.29. The minimum Gasteiger partial charge on any atom is -0.480 e. The molecule has 2 atom stereocenters. The summed E-state index contributed by atoms with van der Waals surface area (Å²) in [7, 11) is 1.35. The molecule has 12 heteroatoms. The zero-order valence-electron chi connectivity index (χ0n) is 18.8. The standard InChI is InChI=1S/C23H25N5O7/c1-27(12-17(29)30)22(33)14-3-2-4-16(11-14)28-9-10-35-19(23(28)34)18(31)21(32)26-15-7-5-13(6-8-15)20(24)25/h2-8,11,18-19,31H,9-10,12H2,1H3,(H3,24,25)(H,26,32)(H,29,30)/t18?,19-/m1/s1. The maximum atomic E-state index is 13.1. The van der Waals surface area contributed by atoms with E-state index in [1.54, 1.807) is 12.1 Å². The molecule has 3 amide bonds. The number of aliphatic hydroxyl groups excluding tert-OH is 1. The van der Waals surface area contributed by atoms with Gasteiger partial charge in [-0.25, -0.2) is 0 Å². The van der Waals surface area contributed by atoms with Crippen LogP contribution in [0.4, 0.5) is 11.4 Å². The normalized spacial score (nSPS) is 16.3. The summed E-state index contributed by atoms with van der Waals surface area (Å²) in [5.41, 5.74) is 6.70. The van der Waals surface area contributed by atoms with Crippen LogP contribution in [0.15, 0.2) is 48.5 Å². The molecule has 2 aromatic rings. The summed E-state index contributed by atoms with van der Waals surface area (Å²) >= 11 is 0. The largest absolute Gasteiger partial charge is 0.480 e. The van der Waals surface area contributed by atoms with Crippen LogP contribution < -0.4 is 16.0 Å². The highest BCUT2D eigenvalue weighted by Gasteiger charge is 2.39.